The summed E-state index contributed by atoms with van der Waals surface area (Å²) < 4.78 is 6.05. The lowest BCUT2D eigenvalue weighted by atomic mass is 9.80. The maximum atomic E-state index is 6.05. The first kappa shape index (κ1) is 39.2. The number of hydrogen-bond donors (Lipinski definition) is 0. The van der Waals surface area contributed by atoms with Crippen LogP contribution in [0, 0.1) is 0 Å². The average Bonchev–Trinajstić information content (AvgIpc) is 3.99. The van der Waals surface area contributed by atoms with Gasteiger partial charge in [0.15, 0.2) is 5.58 Å². The van der Waals surface area contributed by atoms with Gasteiger partial charge in [0, 0.05) is 27.5 Å². The minimum Gasteiger partial charge on any atom is -0.436 e. The summed E-state index contributed by atoms with van der Waals surface area (Å²) >= 11 is 0. The average molecular weight is 860 g/mol. The van der Waals surface area contributed by atoms with Crippen LogP contribution in [0.2, 0.25) is 0 Å². The molecule has 0 spiro atoms. The van der Waals surface area contributed by atoms with E-state index in [1.807, 2.05) is 24.3 Å². The topological polar surface area (TPSA) is 51.8 Å². The van der Waals surface area contributed by atoms with E-state index in [1.54, 1.807) is 0 Å². The Morgan fingerprint density at radius 2 is 0.716 bits per heavy atom. The fourth-order valence-corrected chi connectivity index (χ4v) is 10.9. The van der Waals surface area contributed by atoms with Crippen LogP contribution in [0.25, 0.3) is 112 Å². The highest BCUT2D eigenvalue weighted by molar-refractivity contribution is 5.98. The molecule has 4 nitrogen and oxygen atoms in total. The molecule has 0 amide bonds. The number of oxazole rings is 1. The van der Waals surface area contributed by atoms with Crippen molar-refractivity contribution in [1.82, 2.24) is 15.0 Å². The van der Waals surface area contributed by atoms with Gasteiger partial charge in [0.25, 0.3) is 0 Å². The fourth-order valence-electron chi connectivity index (χ4n) is 10.9. The summed E-state index contributed by atoms with van der Waals surface area (Å²) in [6, 6.07) is 71.9. The largest absolute Gasteiger partial charge is 0.436 e. The molecule has 9 aromatic carbocycles. The Morgan fingerprint density at radius 3 is 1.25 bits per heavy atom. The summed E-state index contributed by atoms with van der Waals surface area (Å²) in [4.78, 5) is 15.8. The molecule has 0 N–H and O–H groups in total. The number of fused-ring (bicyclic) bond motifs is 8. The molecule has 0 saturated carbocycles. The van der Waals surface area contributed by atoms with E-state index in [-0.39, 0.29) is 10.8 Å². The van der Waals surface area contributed by atoms with Crippen molar-refractivity contribution < 1.29 is 4.42 Å². The van der Waals surface area contributed by atoms with E-state index in [2.05, 4.69) is 204 Å². The van der Waals surface area contributed by atoms with Crippen LogP contribution in [0.15, 0.2) is 205 Å². The zero-order chi connectivity index (χ0) is 45.0. The molecular weight excluding hydrogens is 815 g/mol. The van der Waals surface area contributed by atoms with E-state index in [0.29, 0.717) is 5.89 Å². The lowest BCUT2D eigenvalue weighted by Gasteiger charge is -2.23. The molecule has 318 valence electrons. The summed E-state index contributed by atoms with van der Waals surface area (Å²) in [6.45, 7) is 9.41. The van der Waals surface area contributed by atoms with E-state index < -0.39 is 0 Å². The third-order valence-corrected chi connectivity index (χ3v) is 14.6. The number of aromatic nitrogens is 3. The Hall–Kier alpha value is -8.21. The lowest BCUT2D eigenvalue weighted by molar-refractivity contribution is 0.620. The molecule has 0 atom stereocenters. The molecular formula is C63H45N3O. The van der Waals surface area contributed by atoms with E-state index in [9.17, 15) is 0 Å². The van der Waals surface area contributed by atoms with E-state index in [0.717, 1.165) is 72.5 Å². The summed E-state index contributed by atoms with van der Waals surface area (Å²) in [5, 5.41) is 0. The van der Waals surface area contributed by atoms with Crippen LogP contribution in [0.1, 0.15) is 49.9 Å². The molecule has 0 aliphatic heterocycles. The zero-order valence-electron chi connectivity index (χ0n) is 37.8. The standard InChI is InChI=1S/C63H45N3O/c1-62(2)51-18-10-8-16-45(51)47-32-30-43(34-53(47)62)49-36-56-57(37-50(49)44-31-33-48-46-17-9-11-19-52(46)63(3,4)54(48)35-44)65-60(59(64-56)40-14-6-5-7-15-40)41-26-22-38(23-27-41)39-24-28-42(29-25-39)61-66-55-20-12-13-21-58(55)67-61/h5-37H,1-4H3. The summed E-state index contributed by atoms with van der Waals surface area (Å²) in [7, 11) is 0. The number of nitrogens with zero attached hydrogens (tertiary/aromatic N) is 3. The molecule has 0 fully saturated rings. The van der Waals surface area contributed by atoms with Crippen molar-refractivity contribution in [3.63, 3.8) is 0 Å². The van der Waals surface area contributed by atoms with E-state index in [4.69, 9.17) is 19.4 Å². The van der Waals surface area contributed by atoms with Gasteiger partial charge in [-0.3, -0.25) is 0 Å². The molecule has 0 unspecified atom stereocenters. The van der Waals surface area contributed by atoms with E-state index >= 15 is 0 Å². The van der Waals surface area contributed by atoms with Gasteiger partial charge >= 0.3 is 0 Å². The Labute approximate surface area is 390 Å². The van der Waals surface area contributed by atoms with Gasteiger partial charge in [0.2, 0.25) is 5.89 Å². The molecule has 0 radical (unpaired) electrons. The van der Waals surface area contributed by atoms with Crippen LogP contribution in [0.5, 0.6) is 0 Å². The molecule has 2 heterocycles. The van der Waals surface area contributed by atoms with Gasteiger partial charge < -0.3 is 4.42 Å². The Kier molecular flexibility index (Phi) is 8.57. The van der Waals surface area contributed by atoms with Gasteiger partial charge in [-0.05, 0) is 126 Å². The normalized spacial score (nSPS) is 13.9. The predicted molar refractivity (Wildman–Crippen MR) is 275 cm³/mol. The summed E-state index contributed by atoms with van der Waals surface area (Å²) in [6.07, 6.45) is 0. The molecule has 0 bridgehead atoms. The quantitative estimate of drug-likeness (QED) is 0.167. The second kappa shape index (κ2) is 14.7. The molecule has 0 saturated heterocycles. The first-order valence-electron chi connectivity index (χ1n) is 23.2. The van der Waals surface area contributed by atoms with Gasteiger partial charge in [0.05, 0.1) is 22.4 Å². The number of benzene rings is 9. The molecule has 67 heavy (non-hydrogen) atoms. The predicted octanol–water partition coefficient (Wildman–Crippen LogP) is 16.4. The molecule has 4 heteroatoms. The van der Waals surface area contributed by atoms with Crippen LogP contribution in [-0.2, 0) is 10.8 Å². The van der Waals surface area contributed by atoms with Crippen molar-refractivity contribution in [2.45, 2.75) is 38.5 Å². The first-order chi connectivity index (χ1) is 32.7. The Morgan fingerprint density at radius 1 is 0.299 bits per heavy atom. The SMILES string of the molecule is CC1(C)c2ccccc2-c2ccc(-c3cc4nc(-c5ccccc5)c(-c5ccc(-c6ccc(-c7nc8ccccc8o7)cc6)cc5)nc4cc3-c3ccc4c(c3)C(C)(C)c3ccccc3-4)cc21. The number of rotatable bonds is 6. The molecule has 2 aromatic heterocycles. The Bertz CT molecular complexity index is 3750. The van der Waals surface area contributed by atoms with Crippen molar-refractivity contribution >= 4 is 22.1 Å². The van der Waals surface area contributed by atoms with Gasteiger partial charge in [-0.2, -0.15) is 0 Å². The third-order valence-electron chi connectivity index (χ3n) is 14.6. The van der Waals surface area contributed by atoms with Crippen molar-refractivity contribution in [1.29, 1.82) is 0 Å². The van der Waals surface area contributed by atoms with Crippen LogP contribution < -0.4 is 0 Å². The third kappa shape index (κ3) is 6.17. The maximum Gasteiger partial charge on any atom is 0.227 e. The molecule has 2 aliphatic rings. The van der Waals surface area contributed by atoms with Crippen molar-refractivity contribution in [2.75, 3.05) is 0 Å². The summed E-state index contributed by atoms with van der Waals surface area (Å²) in [5.74, 6) is 0.620. The highest BCUT2D eigenvalue weighted by Crippen LogP contribution is 2.52. The minimum absolute atomic E-state index is 0.135. The lowest BCUT2D eigenvalue weighted by Crippen LogP contribution is -2.15. The van der Waals surface area contributed by atoms with Crippen molar-refractivity contribution in [2.24, 2.45) is 0 Å². The monoisotopic (exact) mass is 859 g/mol. The second-order valence-corrected chi connectivity index (χ2v) is 19.2. The highest BCUT2D eigenvalue weighted by Gasteiger charge is 2.37. The van der Waals surface area contributed by atoms with Crippen LogP contribution >= 0.6 is 0 Å². The number of para-hydroxylation sites is 2. The second-order valence-electron chi connectivity index (χ2n) is 19.2. The van der Waals surface area contributed by atoms with Crippen molar-refractivity contribution in [3.05, 3.63) is 222 Å². The molecule has 13 rings (SSSR count). The molecule has 2 aliphatic carbocycles. The minimum atomic E-state index is -0.139. The van der Waals surface area contributed by atoms with Gasteiger partial charge in [-0.15, -0.1) is 0 Å². The van der Waals surface area contributed by atoms with Gasteiger partial charge in [-0.1, -0.05) is 179 Å². The van der Waals surface area contributed by atoms with Crippen LogP contribution in [-0.4, -0.2) is 15.0 Å². The smallest absolute Gasteiger partial charge is 0.227 e. The van der Waals surface area contributed by atoms with Crippen LogP contribution in [0.3, 0.4) is 0 Å². The van der Waals surface area contributed by atoms with Gasteiger partial charge in [0.1, 0.15) is 5.52 Å². The highest BCUT2D eigenvalue weighted by atomic mass is 16.3. The van der Waals surface area contributed by atoms with Crippen molar-refractivity contribution in [3.8, 4) is 89.6 Å². The van der Waals surface area contributed by atoms with Crippen LogP contribution in [0.4, 0.5) is 0 Å². The Balaban J connectivity index is 0.958. The zero-order valence-corrected chi connectivity index (χ0v) is 37.8. The van der Waals surface area contributed by atoms with E-state index in [1.165, 1.54) is 55.6 Å². The first-order valence-corrected chi connectivity index (χ1v) is 23.2. The summed E-state index contributed by atoms with van der Waals surface area (Å²) in [5.41, 5.74) is 25.3. The maximum absolute atomic E-state index is 6.05. The number of hydrogen-bond acceptors (Lipinski definition) is 4. The fraction of sp³-hybridized carbons (Fsp3) is 0.0952. The van der Waals surface area contributed by atoms with Gasteiger partial charge in [-0.25, -0.2) is 15.0 Å². The molecule has 11 aromatic rings.